The van der Waals surface area contributed by atoms with Gasteiger partial charge in [-0.25, -0.2) is 8.42 Å². The van der Waals surface area contributed by atoms with Crippen molar-refractivity contribution < 1.29 is 41.8 Å². The van der Waals surface area contributed by atoms with Crippen LogP contribution in [0.15, 0.2) is 58.4 Å². The molecule has 2 aromatic heterocycles. The Morgan fingerprint density at radius 1 is 0.914 bits per heavy atom. The number of amidine groups is 1. The number of aryl methyl sites for hydroxylation is 1. The number of fused-ring (bicyclic) bond motifs is 2. The normalized spacial score (nSPS) is 15.4. The number of hydrogen-bond donors (Lipinski definition) is 3. The van der Waals surface area contributed by atoms with E-state index in [1.807, 2.05) is 13.0 Å². The summed E-state index contributed by atoms with van der Waals surface area (Å²) in [5.74, 6) is -0.188. The van der Waals surface area contributed by atoms with Gasteiger partial charge in [0.15, 0.2) is 24.7 Å². The average molecular weight is 835 g/mol. The van der Waals surface area contributed by atoms with E-state index in [-0.39, 0.29) is 76.8 Å². The van der Waals surface area contributed by atoms with Gasteiger partial charge in [-0.1, -0.05) is 19.1 Å². The van der Waals surface area contributed by atoms with Crippen LogP contribution in [0.4, 0.5) is 0 Å². The van der Waals surface area contributed by atoms with E-state index in [2.05, 4.69) is 15.6 Å². The summed E-state index contributed by atoms with van der Waals surface area (Å²) in [5.41, 5.74) is 8.11. The molecule has 2 aromatic carbocycles. The number of benzene rings is 2. The fourth-order valence-electron chi connectivity index (χ4n) is 6.75. The summed E-state index contributed by atoms with van der Waals surface area (Å²) in [4.78, 5) is 69.8. The van der Waals surface area contributed by atoms with Gasteiger partial charge >= 0.3 is 0 Å². The largest absolute Gasteiger partial charge is 0.493 e. The van der Waals surface area contributed by atoms with Crippen LogP contribution in [0.2, 0.25) is 0 Å². The van der Waals surface area contributed by atoms with Crippen LogP contribution < -0.4 is 36.1 Å². The highest BCUT2D eigenvalue weighted by Crippen LogP contribution is 2.38. The number of imide groups is 1. The Kier molecular flexibility index (Phi) is 13.2. The molecule has 0 saturated carbocycles. The fourth-order valence-corrected chi connectivity index (χ4v) is 9.31. The number of amides is 4. The fraction of sp³-hybridized carbons (Fsp3) is 0.400. The topological polar surface area (TPSA) is 218 Å². The number of nitrogens with zero attached hydrogens (tertiary/aromatic N) is 3. The Morgan fingerprint density at radius 3 is 2.24 bits per heavy atom. The molecule has 0 bridgehead atoms. The standard InChI is InChI=1S/C40H46N6O10S2/c1-4-16-46-39(50)26-8-7-9-30(35(26)40(46)51)56-23-34(48)43-15-6-5-14-42-33(47)22-55-29-11-10-24(19-31(29)54-3)28-21-45(2)38(49)27-20-32(57-36(27)28)37(41)44-25-12-17-58(52,53)18-13-25/h7-11,19-21,25H,4-6,12-18,22-23H2,1-3H3,(H2,41,44)(H,42,47)(H,43,48). The summed E-state index contributed by atoms with van der Waals surface area (Å²) in [5, 5.41) is 6.02. The number of aromatic nitrogens is 1. The minimum absolute atomic E-state index is 0.0770. The summed E-state index contributed by atoms with van der Waals surface area (Å²) in [6.45, 7) is 2.30. The Bertz CT molecular complexity index is 2430. The number of ether oxygens (including phenoxy) is 3. The highest BCUT2D eigenvalue weighted by atomic mass is 32.2. The van der Waals surface area contributed by atoms with Crippen molar-refractivity contribution in [3.05, 3.63) is 75.0 Å². The lowest BCUT2D eigenvalue weighted by molar-refractivity contribution is -0.124. The first-order valence-corrected chi connectivity index (χ1v) is 21.6. The molecule has 0 spiro atoms. The number of nitrogens with two attached hydrogens (primary N) is 1. The van der Waals surface area contributed by atoms with E-state index in [0.717, 1.165) is 11.1 Å². The van der Waals surface area contributed by atoms with E-state index in [4.69, 9.17) is 19.9 Å². The van der Waals surface area contributed by atoms with Crippen molar-refractivity contribution in [3.63, 3.8) is 0 Å². The third-order valence-electron chi connectivity index (χ3n) is 9.80. The van der Waals surface area contributed by atoms with Crippen LogP contribution in [0.5, 0.6) is 17.2 Å². The number of sulfone groups is 1. The number of pyridine rings is 1. The summed E-state index contributed by atoms with van der Waals surface area (Å²) in [7, 11) is 0.111. The minimum Gasteiger partial charge on any atom is -0.493 e. The van der Waals surface area contributed by atoms with Gasteiger partial charge in [-0.15, -0.1) is 11.3 Å². The predicted octanol–water partition coefficient (Wildman–Crippen LogP) is 3.03. The molecular formula is C40H46N6O10S2. The number of hydrogen-bond acceptors (Lipinski definition) is 12. The van der Waals surface area contributed by atoms with Crippen molar-refractivity contribution in [2.45, 2.75) is 45.1 Å². The van der Waals surface area contributed by atoms with Crippen LogP contribution in [-0.2, 0) is 26.5 Å². The predicted molar refractivity (Wildman–Crippen MR) is 220 cm³/mol. The molecule has 4 amide bonds. The molecule has 0 aliphatic carbocycles. The number of carbonyl (C=O) groups excluding carboxylic acids is 4. The molecule has 4 aromatic rings. The van der Waals surface area contributed by atoms with Crippen LogP contribution in [0.25, 0.3) is 21.2 Å². The lowest BCUT2D eigenvalue weighted by Gasteiger charge is -2.18. The molecule has 1 saturated heterocycles. The number of carbonyl (C=O) groups is 4. The maximum atomic E-state index is 13.1. The van der Waals surface area contributed by atoms with Gasteiger partial charge in [-0.05, 0) is 68.0 Å². The Labute approximate surface area is 339 Å². The third-order valence-corrected chi connectivity index (χ3v) is 12.7. The van der Waals surface area contributed by atoms with Gasteiger partial charge in [0, 0.05) is 43.1 Å². The SMILES string of the molecule is CCCN1C(=O)c2cccc(OCC(=O)NCCCCNC(=O)COc3ccc(-c4cn(C)c(=O)c5cc(C(N)=NC6CCS(=O)(=O)CC6)sc45)cc3OC)c2C1=O. The van der Waals surface area contributed by atoms with Crippen LogP contribution in [0.1, 0.15) is 64.6 Å². The molecule has 1 fully saturated rings. The van der Waals surface area contributed by atoms with Crippen molar-refractivity contribution in [2.24, 2.45) is 17.8 Å². The van der Waals surface area contributed by atoms with Crippen molar-refractivity contribution in [1.82, 2.24) is 20.1 Å². The molecule has 308 valence electrons. The molecular weight excluding hydrogens is 789 g/mol. The zero-order valence-electron chi connectivity index (χ0n) is 32.5. The van der Waals surface area contributed by atoms with Crippen molar-refractivity contribution in [3.8, 4) is 28.4 Å². The molecule has 4 heterocycles. The molecule has 16 nitrogen and oxygen atoms in total. The summed E-state index contributed by atoms with van der Waals surface area (Å²) < 4.78 is 42.9. The monoisotopic (exact) mass is 834 g/mol. The highest BCUT2D eigenvalue weighted by Gasteiger charge is 2.37. The summed E-state index contributed by atoms with van der Waals surface area (Å²) >= 11 is 1.33. The van der Waals surface area contributed by atoms with E-state index >= 15 is 0 Å². The molecule has 0 atom stereocenters. The highest BCUT2D eigenvalue weighted by molar-refractivity contribution is 7.91. The number of methoxy groups -OCH3 is 1. The molecule has 2 aliphatic rings. The van der Waals surface area contributed by atoms with Gasteiger partial charge in [-0.3, -0.25) is 33.9 Å². The van der Waals surface area contributed by atoms with Gasteiger partial charge in [0.05, 0.1) is 46.0 Å². The Morgan fingerprint density at radius 2 is 1.59 bits per heavy atom. The first-order valence-electron chi connectivity index (χ1n) is 18.9. The molecule has 0 unspecified atom stereocenters. The molecule has 4 N–H and O–H groups in total. The second kappa shape index (κ2) is 18.2. The first kappa shape index (κ1) is 41.9. The van der Waals surface area contributed by atoms with Crippen LogP contribution in [0, 0.1) is 0 Å². The zero-order valence-corrected chi connectivity index (χ0v) is 34.1. The summed E-state index contributed by atoms with van der Waals surface area (Å²) in [6, 6.07) is 11.5. The number of rotatable bonds is 17. The van der Waals surface area contributed by atoms with Gasteiger partial charge in [0.25, 0.3) is 29.2 Å². The van der Waals surface area contributed by atoms with E-state index in [1.165, 1.54) is 27.9 Å². The first-order chi connectivity index (χ1) is 27.8. The van der Waals surface area contributed by atoms with Crippen LogP contribution in [0.3, 0.4) is 0 Å². The Hall–Kier alpha value is -5.75. The quantitative estimate of drug-likeness (QED) is 0.0608. The van der Waals surface area contributed by atoms with Crippen molar-refractivity contribution in [1.29, 1.82) is 0 Å². The van der Waals surface area contributed by atoms with E-state index in [1.54, 1.807) is 49.6 Å². The number of thiophene rings is 1. The lowest BCUT2D eigenvalue weighted by atomic mass is 10.1. The van der Waals surface area contributed by atoms with Crippen molar-refractivity contribution in [2.75, 3.05) is 51.5 Å². The number of unbranched alkanes of at least 4 members (excludes halogenated alkanes) is 1. The zero-order chi connectivity index (χ0) is 41.6. The number of nitrogens with one attached hydrogen (secondary N) is 2. The molecule has 58 heavy (non-hydrogen) atoms. The van der Waals surface area contributed by atoms with Crippen LogP contribution >= 0.6 is 11.3 Å². The van der Waals surface area contributed by atoms with Crippen LogP contribution in [-0.4, -0.2) is 105 Å². The molecule has 18 heteroatoms. The van der Waals surface area contributed by atoms with Crippen molar-refractivity contribution >= 4 is 60.7 Å². The van der Waals surface area contributed by atoms with E-state index < -0.39 is 15.7 Å². The lowest BCUT2D eigenvalue weighted by Crippen LogP contribution is -2.32. The third kappa shape index (κ3) is 9.50. The number of aliphatic imine (C=N–C) groups is 1. The molecule has 2 aliphatic heterocycles. The maximum absolute atomic E-state index is 13.1. The summed E-state index contributed by atoms with van der Waals surface area (Å²) in [6.07, 6.45) is 4.34. The minimum atomic E-state index is -3.04. The smallest absolute Gasteiger partial charge is 0.265 e. The van der Waals surface area contributed by atoms with E-state index in [9.17, 15) is 32.4 Å². The van der Waals surface area contributed by atoms with E-state index in [0.29, 0.717) is 78.2 Å². The molecule has 0 radical (unpaired) electrons. The Balaban J connectivity index is 0.967. The van der Waals surface area contributed by atoms with Gasteiger partial charge in [0.1, 0.15) is 21.4 Å². The molecule has 6 rings (SSSR count). The average Bonchev–Trinajstić information content (AvgIpc) is 3.76. The van der Waals surface area contributed by atoms with Gasteiger partial charge in [-0.2, -0.15) is 0 Å². The maximum Gasteiger partial charge on any atom is 0.265 e. The second-order valence-corrected chi connectivity index (χ2v) is 17.4. The van der Waals surface area contributed by atoms with Gasteiger partial charge in [0.2, 0.25) is 0 Å². The second-order valence-electron chi connectivity index (χ2n) is 14.0. The van der Waals surface area contributed by atoms with Gasteiger partial charge < -0.3 is 35.1 Å².